The third-order valence-electron chi connectivity index (χ3n) is 13.3. The Balaban J connectivity index is 1.92. The van der Waals surface area contributed by atoms with Gasteiger partial charge < -0.3 is 68.9 Å². The Morgan fingerprint density at radius 2 is 1.11 bits per heavy atom. The molecule has 3 rings (SSSR count). The van der Waals surface area contributed by atoms with Gasteiger partial charge in [0.1, 0.15) is 47.3 Å². The van der Waals surface area contributed by atoms with Gasteiger partial charge in [-0.15, -0.1) is 11.8 Å². The summed E-state index contributed by atoms with van der Waals surface area (Å²) in [6.45, 7) is 12.8. The molecule has 0 unspecified atom stereocenters. The van der Waals surface area contributed by atoms with E-state index in [4.69, 9.17) is 5.73 Å². The molecule has 0 heterocycles. The molecule has 3 aromatic carbocycles. The molecule has 0 radical (unpaired) electrons. The largest absolute Gasteiger partial charge is 0.508 e. The number of rotatable bonds is 36. The van der Waals surface area contributed by atoms with E-state index in [-0.39, 0.29) is 56.7 Å². The van der Waals surface area contributed by atoms with Crippen LogP contribution in [-0.4, -0.2) is 147 Å². The number of primary amides is 1. The zero-order valence-electron chi connectivity index (χ0n) is 49.2. The molecule has 0 aliphatic heterocycles. The van der Waals surface area contributed by atoms with Crippen molar-refractivity contribution >= 4 is 82.8 Å². The summed E-state index contributed by atoms with van der Waals surface area (Å²) in [5, 5.41) is 51.5. The molecule has 0 aliphatic carbocycles. The summed E-state index contributed by atoms with van der Waals surface area (Å²) in [4.78, 5) is 159. The van der Waals surface area contributed by atoms with Crippen LogP contribution in [0.2, 0.25) is 0 Å². The molecular formula is C59H82N10O15S. The molecule has 85 heavy (non-hydrogen) atoms. The fourth-order valence-corrected chi connectivity index (χ4v) is 9.48. The standard InChI is InChI=1S/C59H82N10O15S/c1-32(2)26-43(67-58(82)51(34(5)6)69-48(73)30-62-53(77)38-14-10-9-11-15-38)57(81)64-41(16-12-13-25-61-46(71)29-45(59(83)84)85-40-22-17-35(7)36(8)27-40)55(79)65-42(23-24-49(74)75)56(80)66-44(28-37-18-20-39(70)21-19-37)54(78)63-31-47(72)68-50(33(3)4)52(60)76/h9-11,14-15,17-22,27,32-34,41-45,50-51,70H,12-13,16,23-26,28-31H2,1-8H3,(H2,60,76)(H,61,71)(H,62,77)(H,63,78)(H,64,81)(H,65,79)(H,66,80)(H,67,82)(H,68,72)(H,69,73)(H,74,75)(H,83,84)/t41-,42-,43-,44-,45+,50-,51-/m0/s1. The number of unbranched alkanes of at least 4 members (excludes halogenated alkanes) is 1. The molecule has 0 bridgehead atoms. The van der Waals surface area contributed by atoms with Crippen LogP contribution in [0.4, 0.5) is 0 Å². The lowest BCUT2D eigenvalue weighted by molar-refractivity contribution is -0.139. The molecule has 0 saturated carbocycles. The van der Waals surface area contributed by atoms with E-state index >= 15 is 0 Å². The number of aliphatic carboxylic acids is 2. The number of hydrogen-bond donors (Lipinski definition) is 13. The Bertz CT molecular complexity index is 2820. The Kier molecular flexibility index (Phi) is 29.6. The van der Waals surface area contributed by atoms with Gasteiger partial charge in [0.25, 0.3) is 5.91 Å². The Morgan fingerprint density at radius 1 is 0.553 bits per heavy atom. The topological polar surface area (TPSA) is 400 Å². The average Bonchev–Trinajstić information content (AvgIpc) is 3.54. The van der Waals surface area contributed by atoms with Crippen molar-refractivity contribution in [1.82, 2.24) is 47.9 Å². The molecule has 3 aromatic rings. The maximum atomic E-state index is 14.5. The first kappa shape index (κ1) is 70.7. The molecule has 0 fully saturated rings. The minimum atomic E-state index is -1.69. The number of phenolic OH excluding ortho intramolecular Hbond substituents is 1. The van der Waals surface area contributed by atoms with E-state index in [2.05, 4.69) is 47.9 Å². The second-order valence-electron chi connectivity index (χ2n) is 21.7. The lowest BCUT2D eigenvalue weighted by Crippen LogP contribution is -2.60. The number of carbonyl (C=O) groups is 12. The van der Waals surface area contributed by atoms with Gasteiger partial charge in [-0.05, 0) is 117 Å². The summed E-state index contributed by atoms with van der Waals surface area (Å²) in [5.74, 6) is -11.9. The zero-order chi connectivity index (χ0) is 63.5. The van der Waals surface area contributed by atoms with E-state index in [9.17, 15) is 72.9 Å². The highest BCUT2D eigenvalue weighted by atomic mass is 32.2. The van der Waals surface area contributed by atoms with Crippen molar-refractivity contribution in [3.8, 4) is 5.75 Å². The number of thioether (sulfide) groups is 1. The molecule has 464 valence electrons. The third kappa shape index (κ3) is 25.9. The number of amides is 10. The third-order valence-corrected chi connectivity index (χ3v) is 14.5. The van der Waals surface area contributed by atoms with E-state index in [1.54, 1.807) is 77.9 Å². The number of nitrogens with one attached hydrogen (secondary N) is 9. The van der Waals surface area contributed by atoms with Gasteiger partial charge in [-0.2, -0.15) is 0 Å². The molecule has 0 saturated heterocycles. The highest BCUT2D eigenvalue weighted by Crippen LogP contribution is 2.28. The van der Waals surface area contributed by atoms with Crippen molar-refractivity contribution in [2.45, 2.75) is 153 Å². The van der Waals surface area contributed by atoms with E-state index < -0.39 is 150 Å². The molecule has 7 atom stereocenters. The number of benzene rings is 3. The molecule has 0 aromatic heterocycles. The maximum Gasteiger partial charge on any atom is 0.317 e. The van der Waals surface area contributed by atoms with Crippen LogP contribution in [0.3, 0.4) is 0 Å². The van der Waals surface area contributed by atoms with Crippen LogP contribution < -0.4 is 53.6 Å². The zero-order valence-corrected chi connectivity index (χ0v) is 50.0. The van der Waals surface area contributed by atoms with E-state index in [0.717, 1.165) is 22.9 Å². The minimum absolute atomic E-state index is 0.00524. The van der Waals surface area contributed by atoms with Crippen molar-refractivity contribution in [2.24, 2.45) is 23.5 Å². The maximum absolute atomic E-state index is 14.5. The van der Waals surface area contributed by atoms with Crippen LogP contribution in [0.1, 0.15) is 114 Å². The molecule has 0 aliphatic rings. The lowest BCUT2D eigenvalue weighted by atomic mass is 9.99. The van der Waals surface area contributed by atoms with Crippen molar-refractivity contribution in [1.29, 1.82) is 0 Å². The summed E-state index contributed by atoms with van der Waals surface area (Å²) in [7, 11) is 0. The van der Waals surface area contributed by atoms with Crippen molar-refractivity contribution < 1.29 is 72.9 Å². The van der Waals surface area contributed by atoms with Crippen molar-refractivity contribution in [3.63, 3.8) is 0 Å². The van der Waals surface area contributed by atoms with E-state index in [1.807, 2.05) is 26.0 Å². The van der Waals surface area contributed by atoms with Gasteiger partial charge in [-0.25, -0.2) is 0 Å². The van der Waals surface area contributed by atoms with Crippen LogP contribution in [0.15, 0.2) is 77.7 Å². The highest BCUT2D eigenvalue weighted by molar-refractivity contribution is 8.00. The quantitative estimate of drug-likeness (QED) is 0.0291. The van der Waals surface area contributed by atoms with Crippen LogP contribution >= 0.6 is 11.8 Å². The first-order valence-corrected chi connectivity index (χ1v) is 28.9. The fourth-order valence-electron chi connectivity index (χ4n) is 8.43. The van der Waals surface area contributed by atoms with Gasteiger partial charge in [0.05, 0.1) is 13.1 Å². The van der Waals surface area contributed by atoms with Gasteiger partial charge >= 0.3 is 11.9 Å². The van der Waals surface area contributed by atoms with Crippen LogP contribution in [0, 0.1) is 31.6 Å². The SMILES string of the molecule is Cc1ccc(S[C@H](CC(=O)NCCCC[C@H](NC(=O)[C@H](CC(C)C)NC(=O)[C@@H](NC(=O)CNC(=O)c2ccccc2)C(C)C)C(=O)N[C@@H](CCC(=O)O)C(=O)N[C@@H](Cc2ccc(O)cc2)C(=O)NCC(=O)N[C@H](C(N)=O)C(C)C)C(=O)O)cc1C. The molecule has 25 nitrogen and oxygen atoms in total. The normalized spacial score (nSPS) is 13.5. The number of aryl methyl sites for hydroxylation is 2. The number of hydrogen-bond acceptors (Lipinski definition) is 14. The Hall–Kier alpha value is -8.55. The summed E-state index contributed by atoms with van der Waals surface area (Å²) in [5.41, 5.74) is 8.11. The predicted molar refractivity (Wildman–Crippen MR) is 315 cm³/mol. The van der Waals surface area contributed by atoms with Gasteiger partial charge in [0, 0.05) is 36.3 Å². The van der Waals surface area contributed by atoms with Gasteiger partial charge in [-0.3, -0.25) is 57.5 Å². The highest BCUT2D eigenvalue weighted by Gasteiger charge is 2.34. The van der Waals surface area contributed by atoms with E-state index in [0.29, 0.717) is 16.0 Å². The van der Waals surface area contributed by atoms with Crippen LogP contribution in [0.5, 0.6) is 5.75 Å². The summed E-state index contributed by atoms with van der Waals surface area (Å²) >= 11 is 1.02. The van der Waals surface area contributed by atoms with Crippen molar-refractivity contribution in [2.75, 3.05) is 19.6 Å². The average molecular weight is 1200 g/mol. The monoisotopic (exact) mass is 1200 g/mol. The number of nitrogens with two attached hydrogens (primary N) is 1. The summed E-state index contributed by atoms with van der Waals surface area (Å²) in [6, 6.07) is 10.8. The number of carbonyl (C=O) groups excluding carboxylic acids is 10. The smallest absolute Gasteiger partial charge is 0.317 e. The second kappa shape index (κ2) is 35.6. The molecule has 14 N–H and O–H groups in total. The molecule has 26 heteroatoms. The molecular weight excluding hydrogens is 1120 g/mol. The van der Waals surface area contributed by atoms with E-state index in [1.165, 1.54) is 24.3 Å². The fraction of sp³-hybridized carbons (Fsp3) is 0.492. The summed E-state index contributed by atoms with van der Waals surface area (Å²) in [6.07, 6.45) is -1.71. The number of carboxylic acids is 2. The first-order chi connectivity index (χ1) is 40.0. The minimum Gasteiger partial charge on any atom is -0.508 e. The van der Waals surface area contributed by atoms with Gasteiger partial charge in [0.15, 0.2) is 0 Å². The molecule has 0 spiro atoms. The Labute approximate surface area is 498 Å². The van der Waals surface area contributed by atoms with Crippen LogP contribution in [0.25, 0.3) is 0 Å². The molecule has 10 amide bonds. The lowest BCUT2D eigenvalue weighted by Gasteiger charge is -2.28. The van der Waals surface area contributed by atoms with Gasteiger partial charge in [0.2, 0.25) is 53.2 Å². The summed E-state index contributed by atoms with van der Waals surface area (Å²) < 4.78 is 0. The van der Waals surface area contributed by atoms with Gasteiger partial charge in [-0.1, -0.05) is 77.9 Å². The number of carboxylic acid groups (broad SMARTS) is 2. The Morgan fingerprint density at radius 3 is 1.66 bits per heavy atom. The number of aromatic hydroxyl groups is 1. The van der Waals surface area contributed by atoms with Crippen molar-refractivity contribution in [3.05, 3.63) is 95.1 Å². The van der Waals surface area contributed by atoms with Crippen LogP contribution in [-0.2, 0) is 59.2 Å². The number of phenols is 1. The predicted octanol–water partition coefficient (Wildman–Crippen LogP) is 1.64. The second-order valence-corrected chi connectivity index (χ2v) is 22.9. The first-order valence-electron chi connectivity index (χ1n) is 28.0.